The lowest BCUT2D eigenvalue weighted by Gasteiger charge is -1.94. The summed E-state index contributed by atoms with van der Waals surface area (Å²) in [5, 5.41) is 11.7. The average molecular weight is 220 g/mol. The zero-order valence-corrected chi connectivity index (χ0v) is 7.49. The molecule has 0 bridgehead atoms. The maximum atomic E-state index is 11.6. The normalized spacial score (nSPS) is 11.4. The van der Waals surface area contributed by atoms with E-state index in [2.05, 4.69) is 19.4 Å². The van der Waals surface area contributed by atoms with Crippen LogP contribution in [0.25, 0.3) is 0 Å². The predicted octanol–water partition coefficient (Wildman–Crippen LogP) is -0.147. The van der Waals surface area contributed by atoms with E-state index in [1.54, 1.807) is 0 Å². The molecule has 0 aliphatic rings. The Bertz CT molecular complexity index is 366. The topological polar surface area (TPSA) is 111 Å². The van der Waals surface area contributed by atoms with Crippen LogP contribution < -0.4 is 5.73 Å². The standard InChI is InChI=1S/C5H5FN4O3S/c6-1-13-9-2(4(11)12)3-8-5(7)14-10-3/h1H2,(H,11,12)(H2,7,8,10)/b9-2-. The van der Waals surface area contributed by atoms with Crippen LogP contribution in [0.3, 0.4) is 0 Å². The zero-order chi connectivity index (χ0) is 10.6. The SMILES string of the molecule is Nc1nc(/C(=N/OCF)C(=O)O)ns1. The van der Waals surface area contributed by atoms with E-state index in [0.717, 1.165) is 11.5 Å². The van der Waals surface area contributed by atoms with Gasteiger partial charge >= 0.3 is 5.97 Å². The number of nitrogens with two attached hydrogens (primary N) is 1. The van der Waals surface area contributed by atoms with E-state index in [4.69, 9.17) is 10.8 Å². The Morgan fingerprint density at radius 1 is 1.79 bits per heavy atom. The smallest absolute Gasteiger partial charge is 0.362 e. The molecule has 1 aromatic rings. The summed E-state index contributed by atoms with van der Waals surface area (Å²) in [6.45, 7) is -1.23. The van der Waals surface area contributed by atoms with Gasteiger partial charge in [0, 0.05) is 11.5 Å². The molecule has 0 saturated carbocycles. The highest BCUT2D eigenvalue weighted by Gasteiger charge is 2.18. The lowest BCUT2D eigenvalue weighted by atomic mass is 10.4. The third-order valence-electron chi connectivity index (χ3n) is 1.06. The van der Waals surface area contributed by atoms with Gasteiger partial charge in [-0.1, -0.05) is 5.16 Å². The minimum atomic E-state index is -1.42. The van der Waals surface area contributed by atoms with Crippen molar-refractivity contribution in [2.45, 2.75) is 0 Å². The van der Waals surface area contributed by atoms with Crippen molar-refractivity contribution in [2.75, 3.05) is 12.6 Å². The van der Waals surface area contributed by atoms with Gasteiger partial charge < -0.3 is 15.7 Å². The fourth-order valence-corrected chi connectivity index (χ4v) is 1.03. The Kier molecular flexibility index (Phi) is 3.29. The highest BCUT2D eigenvalue weighted by atomic mass is 32.1. The first kappa shape index (κ1) is 10.3. The Morgan fingerprint density at radius 3 is 2.93 bits per heavy atom. The summed E-state index contributed by atoms with van der Waals surface area (Å²) in [6, 6.07) is 0. The van der Waals surface area contributed by atoms with E-state index in [1.807, 2.05) is 0 Å². The number of oxime groups is 1. The van der Waals surface area contributed by atoms with Gasteiger partial charge in [0.05, 0.1) is 0 Å². The first-order valence-electron chi connectivity index (χ1n) is 3.24. The summed E-state index contributed by atoms with van der Waals surface area (Å²) in [5.74, 6) is -1.62. The van der Waals surface area contributed by atoms with Gasteiger partial charge in [-0.3, -0.25) is 0 Å². The maximum Gasteiger partial charge on any atom is 0.362 e. The highest BCUT2D eigenvalue weighted by Crippen LogP contribution is 2.07. The first-order chi connectivity index (χ1) is 6.65. The number of hydrogen-bond acceptors (Lipinski definition) is 7. The molecular weight excluding hydrogens is 215 g/mol. The third-order valence-corrected chi connectivity index (χ3v) is 1.60. The van der Waals surface area contributed by atoms with Gasteiger partial charge in [-0.15, -0.1) is 0 Å². The molecule has 0 aliphatic carbocycles. The molecule has 1 aromatic heterocycles. The number of rotatable bonds is 4. The molecule has 76 valence electrons. The molecule has 0 atom stereocenters. The van der Waals surface area contributed by atoms with Crippen LogP contribution in [0.2, 0.25) is 0 Å². The molecule has 0 radical (unpaired) electrons. The Hall–Kier alpha value is -1.77. The summed E-state index contributed by atoms with van der Waals surface area (Å²) in [5.41, 5.74) is 4.64. The number of nitrogens with zero attached hydrogens (tertiary/aromatic N) is 3. The third kappa shape index (κ3) is 2.36. The number of alkyl halides is 1. The van der Waals surface area contributed by atoms with Crippen molar-refractivity contribution >= 4 is 28.3 Å². The molecule has 9 heteroatoms. The maximum absolute atomic E-state index is 11.6. The largest absolute Gasteiger partial charge is 0.476 e. The molecule has 14 heavy (non-hydrogen) atoms. The second kappa shape index (κ2) is 4.46. The number of aromatic nitrogens is 2. The lowest BCUT2D eigenvalue weighted by Crippen LogP contribution is -2.16. The second-order valence-corrected chi connectivity index (χ2v) is 2.72. The lowest BCUT2D eigenvalue weighted by molar-refractivity contribution is -0.129. The fourth-order valence-electron chi connectivity index (χ4n) is 0.596. The van der Waals surface area contributed by atoms with Crippen LogP contribution in [-0.4, -0.2) is 33.0 Å². The van der Waals surface area contributed by atoms with E-state index in [9.17, 15) is 9.18 Å². The van der Waals surface area contributed by atoms with Crippen LogP contribution in [0.15, 0.2) is 5.16 Å². The fraction of sp³-hybridized carbons (Fsp3) is 0.200. The van der Waals surface area contributed by atoms with Crippen LogP contribution in [0.5, 0.6) is 0 Å². The Morgan fingerprint density at radius 2 is 2.50 bits per heavy atom. The molecule has 7 nitrogen and oxygen atoms in total. The summed E-state index contributed by atoms with van der Waals surface area (Å²) in [4.78, 5) is 18.1. The molecule has 1 heterocycles. The number of aliphatic carboxylic acids is 1. The van der Waals surface area contributed by atoms with E-state index in [0.29, 0.717) is 0 Å². The molecule has 0 unspecified atom stereocenters. The summed E-state index contributed by atoms with van der Waals surface area (Å²) < 4.78 is 15.1. The predicted molar refractivity (Wildman–Crippen MR) is 45.6 cm³/mol. The van der Waals surface area contributed by atoms with Gasteiger partial charge in [-0.2, -0.15) is 9.36 Å². The van der Waals surface area contributed by atoms with Crippen LogP contribution in [0, 0.1) is 0 Å². The van der Waals surface area contributed by atoms with Crippen LogP contribution in [0.1, 0.15) is 5.82 Å². The molecular formula is C5H5FN4O3S. The van der Waals surface area contributed by atoms with E-state index in [-0.39, 0.29) is 11.0 Å². The number of nitrogen functional groups attached to an aromatic ring is 1. The molecule has 0 saturated heterocycles. The average Bonchev–Trinajstić information content (AvgIpc) is 2.52. The quantitative estimate of drug-likeness (QED) is 0.539. The Labute approximate surface area is 81.2 Å². The van der Waals surface area contributed by atoms with Gasteiger partial charge in [0.2, 0.25) is 11.5 Å². The molecule has 1 rings (SSSR count). The number of carboxylic acid groups (broad SMARTS) is 1. The van der Waals surface area contributed by atoms with Gasteiger partial charge in [-0.25, -0.2) is 9.18 Å². The van der Waals surface area contributed by atoms with Crippen molar-refractivity contribution in [1.82, 2.24) is 9.36 Å². The molecule has 0 fully saturated rings. The Balaban J connectivity index is 2.94. The summed E-state index contributed by atoms with van der Waals surface area (Å²) in [7, 11) is 0. The van der Waals surface area contributed by atoms with Crippen molar-refractivity contribution in [1.29, 1.82) is 0 Å². The second-order valence-electron chi connectivity index (χ2n) is 1.94. The van der Waals surface area contributed by atoms with E-state index < -0.39 is 18.5 Å². The van der Waals surface area contributed by atoms with Crippen LogP contribution in [-0.2, 0) is 9.63 Å². The summed E-state index contributed by atoms with van der Waals surface area (Å²) in [6.07, 6.45) is 0. The number of anilines is 1. The van der Waals surface area contributed by atoms with Crippen molar-refractivity contribution < 1.29 is 19.1 Å². The first-order valence-corrected chi connectivity index (χ1v) is 4.01. The van der Waals surface area contributed by atoms with Crippen LogP contribution in [0.4, 0.5) is 9.52 Å². The number of halogens is 1. The van der Waals surface area contributed by atoms with Crippen molar-refractivity contribution in [3.8, 4) is 0 Å². The highest BCUT2D eigenvalue weighted by molar-refractivity contribution is 7.09. The molecule has 0 aliphatic heterocycles. The van der Waals surface area contributed by atoms with Gasteiger partial charge in [0.1, 0.15) is 0 Å². The van der Waals surface area contributed by atoms with E-state index in [1.165, 1.54) is 0 Å². The van der Waals surface area contributed by atoms with Crippen molar-refractivity contribution in [3.63, 3.8) is 0 Å². The zero-order valence-electron chi connectivity index (χ0n) is 6.68. The molecule has 0 spiro atoms. The number of carboxylic acids is 1. The number of carbonyl (C=O) groups is 1. The molecule has 3 N–H and O–H groups in total. The van der Waals surface area contributed by atoms with Crippen LogP contribution >= 0.6 is 11.5 Å². The van der Waals surface area contributed by atoms with Gasteiger partial charge in [0.25, 0.3) is 6.86 Å². The monoisotopic (exact) mass is 220 g/mol. The van der Waals surface area contributed by atoms with Gasteiger partial charge in [0.15, 0.2) is 5.13 Å². The van der Waals surface area contributed by atoms with Crippen molar-refractivity contribution in [3.05, 3.63) is 5.82 Å². The van der Waals surface area contributed by atoms with E-state index >= 15 is 0 Å². The van der Waals surface area contributed by atoms with Crippen molar-refractivity contribution in [2.24, 2.45) is 5.16 Å². The summed E-state index contributed by atoms with van der Waals surface area (Å²) >= 11 is 0.807. The number of hydrogen-bond donors (Lipinski definition) is 2. The molecule has 0 aromatic carbocycles. The minimum absolute atomic E-state index is 0.0919. The molecule has 0 amide bonds. The van der Waals surface area contributed by atoms with Gasteiger partial charge in [-0.05, 0) is 0 Å². The minimum Gasteiger partial charge on any atom is -0.476 e.